The maximum atomic E-state index is 14.2. The molecule has 6 rings (SSSR count). The molecule has 1 unspecified atom stereocenters. The van der Waals surface area contributed by atoms with Gasteiger partial charge in [0.25, 0.3) is 0 Å². The number of rotatable bonds is 7. The summed E-state index contributed by atoms with van der Waals surface area (Å²) in [5, 5.41) is 0. The van der Waals surface area contributed by atoms with Crippen molar-refractivity contribution in [3.05, 3.63) is 114 Å². The molecule has 0 saturated heterocycles. The Bertz CT molecular complexity index is 1440. The summed E-state index contributed by atoms with van der Waals surface area (Å²) in [5.74, 6) is 0.288. The van der Waals surface area contributed by atoms with Gasteiger partial charge in [0.2, 0.25) is 11.8 Å². The van der Waals surface area contributed by atoms with E-state index in [0.717, 1.165) is 45.9 Å². The molecule has 6 heteroatoms. The first-order valence-corrected chi connectivity index (χ1v) is 13.7. The quantitative estimate of drug-likeness (QED) is 0.288. The second kappa shape index (κ2) is 9.94. The summed E-state index contributed by atoms with van der Waals surface area (Å²) in [4.78, 5) is 32.3. The molecule has 5 nitrogen and oxygen atoms in total. The van der Waals surface area contributed by atoms with Crippen LogP contribution in [0.3, 0.4) is 0 Å². The lowest BCUT2D eigenvalue weighted by atomic mass is 9.96. The summed E-state index contributed by atoms with van der Waals surface area (Å²) < 4.78 is 2.17. The first kappa shape index (κ1) is 23.6. The third-order valence-corrected chi connectivity index (χ3v) is 8.06. The van der Waals surface area contributed by atoms with Crippen molar-refractivity contribution in [2.45, 2.75) is 36.7 Å². The number of aryl methyl sites for hydroxylation is 1. The Morgan fingerprint density at radius 1 is 0.892 bits per heavy atom. The number of thioether (sulfide) groups is 1. The number of para-hydroxylation sites is 2. The van der Waals surface area contributed by atoms with Crippen LogP contribution in [-0.2, 0) is 9.59 Å². The zero-order chi connectivity index (χ0) is 25.4. The molecule has 1 atom stereocenters. The van der Waals surface area contributed by atoms with Gasteiger partial charge in [-0.25, -0.2) is 0 Å². The van der Waals surface area contributed by atoms with Gasteiger partial charge in [-0.2, -0.15) is 0 Å². The van der Waals surface area contributed by atoms with Gasteiger partial charge in [0.15, 0.2) is 0 Å². The van der Waals surface area contributed by atoms with Gasteiger partial charge >= 0.3 is 0 Å². The molecule has 2 amide bonds. The molecular weight excluding hydrogens is 478 g/mol. The number of carbonyl (C=O) groups excluding carboxylic acids is 2. The molecule has 2 heterocycles. The molecule has 37 heavy (non-hydrogen) atoms. The van der Waals surface area contributed by atoms with Crippen LogP contribution in [0.15, 0.2) is 102 Å². The fourth-order valence-electron chi connectivity index (χ4n) is 5.19. The number of amides is 2. The highest BCUT2D eigenvalue weighted by atomic mass is 32.2. The van der Waals surface area contributed by atoms with Crippen molar-refractivity contribution in [1.82, 2.24) is 9.47 Å². The topological polar surface area (TPSA) is 45.6 Å². The number of carbonyl (C=O) groups is 2. The van der Waals surface area contributed by atoms with Crippen molar-refractivity contribution in [3.8, 4) is 5.69 Å². The highest BCUT2D eigenvalue weighted by Gasteiger charge is 2.39. The van der Waals surface area contributed by atoms with Crippen molar-refractivity contribution < 1.29 is 9.59 Å². The van der Waals surface area contributed by atoms with Crippen LogP contribution in [0.2, 0.25) is 0 Å². The molecule has 1 saturated carbocycles. The average Bonchev–Trinajstić information content (AvgIpc) is 3.65. The van der Waals surface area contributed by atoms with E-state index in [9.17, 15) is 9.59 Å². The standard InChI is InChI=1S/C31H29N3O2S/c1-22-9-7-10-23(19-22)31-28-15-8-18-32(28)26-13-5-6-14-27(26)34(31)29(35)20-33(24-16-17-24)30(36)21-37-25-11-3-2-4-12-25/h2-15,18-19,24,31H,16-17,20-21H2,1H3. The third-order valence-electron chi connectivity index (χ3n) is 7.07. The van der Waals surface area contributed by atoms with Gasteiger partial charge in [-0.1, -0.05) is 60.2 Å². The molecule has 4 aromatic rings. The fraction of sp³-hybridized carbons (Fsp3) is 0.226. The predicted octanol–water partition coefficient (Wildman–Crippen LogP) is 6.01. The predicted molar refractivity (Wildman–Crippen MR) is 148 cm³/mol. The minimum Gasteiger partial charge on any atom is -0.330 e. The molecule has 0 N–H and O–H groups in total. The summed E-state index contributed by atoms with van der Waals surface area (Å²) in [6.45, 7) is 2.15. The first-order valence-electron chi connectivity index (χ1n) is 12.7. The van der Waals surface area contributed by atoms with Gasteiger partial charge < -0.3 is 9.47 Å². The Labute approximate surface area is 221 Å². The van der Waals surface area contributed by atoms with Gasteiger partial charge in [0.05, 0.1) is 22.8 Å². The van der Waals surface area contributed by atoms with E-state index in [-0.39, 0.29) is 30.4 Å². The fourth-order valence-corrected chi connectivity index (χ4v) is 6.00. The van der Waals surface area contributed by atoms with E-state index in [1.54, 1.807) is 0 Å². The lowest BCUT2D eigenvalue weighted by Crippen LogP contribution is -2.47. The molecule has 186 valence electrons. The Morgan fingerprint density at radius 3 is 2.41 bits per heavy atom. The van der Waals surface area contributed by atoms with Gasteiger partial charge in [-0.05, 0) is 61.7 Å². The largest absolute Gasteiger partial charge is 0.330 e. The van der Waals surface area contributed by atoms with Crippen LogP contribution in [0.1, 0.15) is 35.7 Å². The zero-order valence-electron chi connectivity index (χ0n) is 20.8. The Hall–Kier alpha value is -3.77. The van der Waals surface area contributed by atoms with Crippen LogP contribution in [0.25, 0.3) is 5.69 Å². The molecule has 0 spiro atoms. The molecule has 3 aromatic carbocycles. The van der Waals surface area contributed by atoms with Gasteiger partial charge in [-0.3, -0.25) is 14.5 Å². The summed E-state index contributed by atoms with van der Waals surface area (Å²) >= 11 is 1.52. The van der Waals surface area contributed by atoms with Crippen molar-refractivity contribution in [2.24, 2.45) is 0 Å². The van der Waals surface area contributed by atoms with E-state index in [4.69, 9.17) is 0 Å². The number of nitrogens with zero attached hydrogens (tertiary/aromatic N) is 3. The van der Waals surface area contributed by atoms with Crippen LogP contribution >= 0.6 is 11.8 Å². The van der Waals surface area contributed by atoms with Gasteiger partial charge in [-0.15, -0.1) is 11.8 Å². The second-order valence-corrected chi connectivity index (χ2v) is 10.8. The van der Waals surface area contributed by atoms with Crippen LogP contribution in [-0.4, -0.2) is 39.6 Å². The monoisotopic (exact) mass is 507 g/mol. The number of benzene rings is 3. The van der Waals surface area contributed by atoms with Crippen LogP contribution in [0.4, 0.5) is 5.69 Å². The number of aromatic nitrogens is 1. The molecule has 1 fully saturated rings. The highest BCUT2D eigenvalue weighted by molar-refractivity contribution is 8.00. The number of fused-ring (bicyclic) bond motifs is 3. The van der Waals surface area contributed by atoms with E-state index in [2.05, 4.69) is 42.0 Å². The molecular formula is C31H29N3O2S. The number of anilines is 1. The third kappa shape index (κ3) is 4.69. The maximum absolute atomic E-state index is 14.2. The maximum Gasteiger partial charge on any atom is 0.247 e. The molecule has 2 aliphatic rings. The summed E-state index contributed by atoms with van der Waals surface area (Å²) in [6.07, 6.45) is 3.96. The minimum atomic E-state index is -0.271. The Kier molecular flexibility index (Phi) is 6.35. The summed E-state index contributed by atoms with van der Waals surface area (Å²) in [5.41, 5.74) is 5.09. The van der Waals surface area contributed by atoms with Crippen molar-refractivity contribution >= 4 is 29.3 Å². The average molecular weight is 508 g/mol. The first-order chi connectivity index (χ1) is 18.1. The van der Waals surface area contributed by atoms with Gasteiger partial charge in [0.1, 0.15) is 12.6 Å². The molecule has 1 aliphatic heterocycles. The van der Waals surface area contributed by atoms with E-state index in [1.807, 2.05) is 76.5 Å². The molecule has 1 aliphatic carbocycles. The Balaban J connectivity index is 1.33. The SMILES string of the molecule is Cc1cccc(C2c3cccn3-c3ccccc3N2C(=O)CN(C(=O)CSc2ccccc2)C2CC2)c1. The van der Waals surface area contributed by atoms with Gasteiger partial charge in [0, 0.05) is 17.1 Å². The van der Waals surface area contributed by atoms with E-state index in [0.29, 0.717) is 5.75 Å². The lowest BCUT2D eigenvalue weighted by molar-refractivity contribution is -0.133. The summed E-state index contributed by atoms with van der Waals surface area (Å²) in [6, 6.07) is 30.3. The van der Waals surface area contributed by atoms with Crippen molar-refractivity contribution in [2.75, 3.05) is 17.2 Å². The zero-order valence-corrected chi connectivity index (χ0v) is 21.6. The van der Waals surface area contributed by atoms with Crippen molar-refractivity contribution in [3.63, 3.8) is 0 Å². The smallest absolute Gasteiger partial charge is 0.247 e. The molecule has 1 aromatic heterocycles. The summed E-state index contributed by atoms with van der Waals surface area (Å²) in [7, 11) is 0. The molecule has 0 radical (unpaired) electrons. The minimum absolute atomic E-state index is 0.0190. The van der Waals surface area contributed by atoms with E-state index < -0.39 is 0 Å². The van der Waals surface area contributed by atoms with E-state index in [1.165, 1.54) is 11.8 Å². The lowest BCUT2D eigenvalue weighted by Gasteiger charge is -2.39. The highest BCUT2D eigenvalue weighted by Crippen LogP contribution is 2.42. The molecule has 0 bridgehead atoms. The normalized spacial score (nSPS) is 16.1. The van der Waals surface area contributed by atoms with Crippen LogP contribution < -0.4 is 4.90 Å². The number of hydrogen-bond donors (Lipinski definition) is 0. The van der Waals surface area contributed by atoms with Crippen LogP contribution in [0.5, 0.6) is 0 Å². The van der Waals surface area contributed by atoms with Crippen LogP contribution in [0, 0.1) is 6.92 Å². The van der Waals surface area contributed by atoms with E-state index >= 15 is 0 Å². The number of hydrogen-bond acceptors (Lipinski definition) is 3. The Morgan fingerprint density at radius 2 is 1.65 bits per heavy atom. The van der Waals surface area contributed by atoms with Crippen molar-refractivity contribution in [1.29, 1.82) is 0 Å². The second-order valence-electron chi connectivity index (χ2n) is 9.73.